The number of carbonyl (C=O) groups excluding carboxylic acids is 2. The number of hydrogen-bond donors (Lipinski definition) is 2. The first kappa shape index (κ1) is 23.1. The van der Waals surface area contributed by atoms with E-state index in [2.05, 4.69) is 48.6 Å². The van der Waals surface area contributed by atoms with Gasteiger partial charge in [-0.3, -0.25) is 14.5 Å². The molecule has 0 radical (unpaired) electrons. The van der Waals surface area contributed by atoms with E-state index in [9.17, 15) is 9.59 Å². The third-order valence-electron chi connectivity index (χ3n) is 4.90. The van der Waals surface area contributed by atoms with Crippen LogP contribution in [0.1, 0.15) is 61.0 Å². The molecule has 2 rings (SSSR count). The fourth-order valence-electron chi connectivity index (χ4n) is 2.66. The SMILES string of the molecule is Cc1cc(NC(=O)C(C)(C)C)sc1C(=O)NCc1ccccc1CN(C)C(C)C. The van der Waals surface area contributed by atoms with E-state index in [1.54, 1.807) is 0 Å². The minimum Gasteiger partial charge on any atom is -0.347 e. The molecular weight excluding hydrogens is 382 g/mol. The number of benzene rings is 1. The summed E-state index contributed by atoms with van der Waals surface area (Å²) in [6.07, 6.45) is 0. The predicted molar refractivity (Wildman–Crippen MR) is 121 cm³/mol. The molecule has 29 heavy (non-hydrogen) atoms. The highest BCUT2D eigenvalue weighted by Gasteiger charge is 2.23. The van der Waals surface area contributed by atoms with Crippen LogP contribution in [-0.2, 0) is 17.9 Å². The standard InChI is InChI=1S/C23H33N3O2S/c1-15(2)26(7)14-18-11-9-8-10-17(18)13-24-21(27)20-16(3)12-19(29-20)25-22(28)23(4,5)6/h8-12,15H,13-14H2,1-7H3,(H,24,27)(H,25,28). The van der Waals surface area contributed by atoms with Gasteiger partial charge in [-0.05, 0) is 50.6 Å². The second-order valence-corrected chi connectivity index (χ2v) is 9.84. The predicted octanol–water partition coefficient (Wildman–Crippen LogP) is 4.81. The Balaban J connectivity index is 2.06. The maximum Gasteiger partial charge on any atom is 0.261 e. The molecule has 0 aliphatic rings. The summed E-state index contributed by atoms with van der Waals surface area (Å²) in [6.45, 7) is 13.1. The van der Waals surface area contributed by atoms with E-state index < -0.39 is 5.41 Å². The molecule has 2 amide bonds. The Morgan fingerprint density at radius 3 is 2.34 bits per heavy atom. The van der Waals surface area contributed by atoms with Crippen LogP contribution in [0, 0.1) is 12.3 Å². The average Bonchev–Trinajstić information content (AvgIpc) is 3.00. The van der Waals surface area contributed by atoms with Crippen molar-refractivity contribution >= 4 is 28.2 Å². The van der Waals surface area contributed by atoms with E-state index in [-0.39, 0.29) is 11.8 Å². The first-order valence-corrected chi connectivity index (χ1v) is 10.8. The summed E-state index contributed by atoms with van der Waals surface area (Å²) in [5.74, 6) is -0.176. The Morgan fingerprint density at radius 1 is 1.14 bits per heavy atom. The van der Waals surface area contributed by atoms with Gasteiger partial charge in [-0.2, -0.15) is 0 Å². The zero-order chi connectivity index (χ0) is 21.8. The molecule has 1 aromatic carbocycles. The highest BCUT2D eigenvalue weighted by atomic mass is 32.1. The van der Waals surface area contributed by atoms with Gasteiger partial charge in [0.25, 0.3) is 5.91 Å². The van der Waals surface area contributed by atoms with Crippen LogP contribution in [-0.4, -0.2) is 29.8 Å². The molecule has 158 valence electrons. The topological polar surface area (TPSA) is 61.4 Å². The molecule has 1 aromatic heterocycles. The number of nitrogens with one attached hydrogen (secondary N) is 2. The molecule has 0 atom stereocenters. The lowest BCUT2D eigenvalue weighted by atomic mass is 9.96. The van der Waals surface area contributed by atoms with Crippen LogP contribution in [0.2, 0.25) is 0 Å². The van der Waals surface area contributed by atoms with Crippen LogP contribution in [0.25, 0.3) is 0 Å². The van der Waals surface area contributed by atoms with Crippen LogP contribution in [0.3, 0.4) is 0 Å². The van der Waals surface area contributed by atoms with E-state index >= 15 is 0 Å². The lowest BCUT2D eigenvalue weighted by Crippen LogP contribution is -2.27. The zero-order valence-corrected chi connectivity index (χ0v) is 19.4. The average molecular weight is 416 g/mol. The second kappa shape index (κ2) is 9.55. The van der Waals surface area contributed by atoms with E-state index in [1.807, 2.05) is 45.9 Å². The van der Waals surface area contributed by atoms with Crippen molar-refractivity contribution in [2.24, 2.45) is 5.41 Å². The van der Waals surface area contributed by atoms with Crippen molar-refractivity contribution in [3.63, 3.8) is 0 Å². The molecule has 2 N–H and O–H groups in total. The number of rotatable bonds is 7. The third-order valence-corrected chi connectivity index (χ3v) is 6.05. The smallest absolute Gasteiger partial charge is 0.261 e. The Hall–Kier alpha value is -2.18. The Morgan fingerprint density at radius 2 is 1.76 bits per heavy atom. The fraction of sp³-hybridized carbons (Fsp3) is 0.478. The molecule has 0 saturated carbocycles. The molecule has 0 aliphatic carbocycles. The van der Waals surface area contributed by atoms with Gasteiger partial charge in [-0.25, -0.2) is 0 Å². The van der Waals surface area contributed by atoms with Crippen LogP contribution in [0.15, 0.2) is 30.3 Å². The molecular formula is C23H33N3O2S. The fourth-order valence-corrected chi connectivity index (χ4v) is 3.64. The van der Waals surface area contributed by atoms with E-state index in [4.69, 9.17) is 0 Å². The van der Waals surface area contributed by atoms with Crippen molar-refractivity contribution in [3.05, 3.63) is 51.9 Å². The highest BCUT2D eigenvalue weighted by molar-refractivity contribution is 7.18. The van der Waals surface area contributed by atoms with Gasteiger partial charge < -0.3 is 10.6 Å². The van der Waals surface area contributed by atoms with Crippen molar-refractivity contribution in [2.45, 2.75) is 60.7 Å². The van der Waals surface area contributed by atoms with Gasteiger partial charge in [-0.15, -0.1) is 11.3 Å². The molecule has 1 heterocycles. The van der Waals surface area contributed by atoms with Gasteiger partial charge in [0.2, 0.25) is 5.91 Å². The first-order valence-electron chi connectivity index (χ1n) is 9.96. The first-order chi connectivity index (χ1) is 13.5. The van der Waals surface area contributed by atoms with Gasteiger partial charge in [-0.1, -0.05) is 45.0 Å². The van der Waals surface area contributed by atoms with E-state index in [0.717, 1.165) is 17.7 Å². The minimum absolute atomic E-state index is 0.0612. The molecule has 0 aliphatic heterocycles. The van der Waals surface area contributed by atoms with Gasteiger partial charge >= 0.3 is 0 Å². The molecule has 5 nitrogen and oxygen atoms in total. The number of anilines is 1. The lowest BCUT2D eigenvalue weighted by molar-refractivity contribution is -0.123. The summed E-state index contributed by atoms with van der Waals surface area (Å²) in [4.78, 5) is 27.9. The molecule has 0 bridgehead atoms. The van der Waals surface area contributed by atoms with Crippen LogP contribution in [0.5, 0.6) is 0 Å². The Kier molecular flexibility index (Phi) is 7.60. The summed E-state index contributed by atoms with van der Waals surface area (Å²) in [6, 6.07) is 10.5. The number of aryl methyl sites for hydroxylation is 1. The van der Waals surface area contributed by atoms with Gasteiger partial charge in [0.05, 0.1) is 9.88 Å². The normalized spacial score (nSPS) is 11.8. The second-order valence-electron chi connectivity index (χ2n) is 8.79. The van der Waals surface area contributed by atoms with Crippen molar-refractivity contribution in [1.82, 2.24) is 10.2 Å². The Bertz CT molecular complexity index is 865. The molecule has 0 saturated heterocycles. The third kappa shape index (κ3) is 6.41. The van der Waals surface area contributed by atoms with Crippen molar-refractivity contribution in [2.75, 3.05) is 12.4 Å². The number of nitrogens with zero attached hydrogens (tertiary/aromatic N) is 1. The minimum atomic E-state index is -0.479. The summed E-state index contributed by atoms with van der Waals surface area (Å²) in [5, 5.41) is 6.64. The molecule has 6 heteroatoms. The van der Waals surface area contributed by atoms with Gasteiger partial charge in [0.1, 0.15) is 0 Å². The van der Waals surface area contributed by atoms with Crippen molar-refractivity contribution in [3.8, 4) is 0 Å². The zero-order valence-electron chi connectivity index (χ0n) is 18.6. The number of carbonyl (C=O) groups is 2. The van der Waals surface area contributed by atoms with Crippen molar-refractivity contribution < 1.29 is 9.59 Å². The summed E-state index contributed by atoms with van der Waals surface area (Å²) >= 11 is 1.31. The number of amides is 2. The number of thiophene rings is 1. The molecule has 2 aromatic rings. The van der Waals surface area contributed by atoms with Gasteiger partial charge in [0, 0.05) is 24.5 Å². The summed E-state index contributed by atoms with van der Waals surface area (Å²) in [5.41, 5.74) is 2.71. The number of hydrogen-bond acceptors (Lipinski definition) is 4. The summed E-state index contributed by atoms with van der Waals surface area (Å²) in [7, 11) is 2.10. The molecule has 0 unspecified atom stereocenters. The quantitative estimate of drug-likeness (QED) is 0.682. The maximum absolute atomic E-state index is 12.8. The van der Waals surface area contributed by atoms with Crippen LogP contribution in [0.4, 0.5) is 5.00 Å². The highest BCUT2D eigenvalue weighted by Crippen LogP contribution is 2.28. The van der Waals surface area contributed by atoms with Crippen molar-refractivity contribution in [1.29, 1.82) is 0 Å². The van der Waals surface area contributed by atoms with Crippen LogP contribution >= 0.6 is 11.3 Å². The molecule has 0 spiro atoms. The lowest BCUT2D eigenvalue weighted by Gasteiger charge is -2.22. The van der Waals surface area contributed by atoms with Gasteiger partial charge in [0.15, 0.2) is 0 Å². The summed E-state index contributed by atoms with van der Waals surface area (Å²) < 4.78 is 0. The van der Waals surface area contributed by atoms with E-state index in [0.29, 0.717) is 22.5 Å². The molecule has 0 fully saturated rings. The van der Waals surface area contributed by atoms with E-state index in [1.165, 1.54) is 16.9 Å². The monoisotopic (exact) mass is 415 g/mol. The Labute approximate surface area is 178 Å². The van der Waals surface area contributed by atoms with Crippen LogP contribution < -0.4 is 10.6 Å². The maximum atomic E-state index is 12.8. The largest absolute Gasteiger partial charge is 0.347 e.